The summed E-state index contributed by atoms with van der Waals surface area (Å²) in [5.41, 5.74) is 19.1. The minimum absolute atomic E-state index is 0.585. The summed E-state index contributed by atoms with van der Waals surface area (Å²) in [4.78, 5) is 2.36. The molecule has 0 radical (unpaired) electrons. The summed E-state index contributed by atoms with van der Waals surface area (Å²) in [6.07, 6.45) is 4.66. The topological polar surface area (TPSA) is 8.17 Å². The zero-order valence-electron chi connectivity index (χ0n) is 34.7. The summed E-state index contributed by atoms with van der Waals surface area (Å²) in [5, 5.41) is 2.46. The maximum atomic E-state index is 5.09. The standard InChI is InChI=1S/C61H42N2/c1-42-53-40-45(46-34-36-59-54(41-46)51-29-15-17-32-58(51)63(59)49-26-12-5-13-27-49)33-35-57(53)62(50-28-18-21-44(39-50)43-19-6-2-7-20-43)38-37-56-60(42)52-30-14-16-31-55(52)61(56,47-22-8-3-9-23-47)48-24-10-4-11-25-48/h2-41H,1H2/b38-37-. The second-order valence-electron chi connectivity index (χ2n) is 16.5. The minimum atomic E-state index is -0.585. The number of hydrogen-bond acceptors (Lipinski definition) is 1. The third-order valence-electron chi connectivity index (χ3n) is 13.2. The molecule has 0 unspecified atom stereocenters. The second-order valence-corrected chi connectivity index (χ2v) is 16.5. The van der Waals surface area contributed by atoms with Crippen LogP contribution in [0.25, 0.3) is 60.9 Å². The number of fused-ring (bicyclic) bond motifs is 6. The highest BCUT2D eigenvalue weighted by Crippen LogP contribution is 2.59. The molecule has 2 heteroatoms. The van der Waals surface area contributed by atoms with Gasteiger partial charge in [-0.3, -0.25) is 0 Å². The van der Waals surface area contributed by atoms with Gasteiger partial charge in [0.2, 0.25) is 0 Å². The molecule has 2 nitrogen and oxygen atoms in total. The Morgan fingerprint density at radius 2 is 0.968 bits per heavy atom. The van der Waals surface area contributed by atoms with Crippen LogP contribution in [0.4, 0.5) is 11.4 Å². The Bertz CT molecular complexity index is 3410. The molecule has 0 N–H and O–H groups in total. The van der Waals surface area contributed by atoms with Crippen molar-refractivity contribution in [1.29, 1.82) is 0 Å². The maximum Gasteiger partial charge on any atom is 0.0714 e. The second kappa shape index (κ2) is 14.8. The lowest BCUT2D eigenvalue weighted by Crippen LogP contribution is -2.29. The molecule has 0 fully saturated rings. The van der Waals surface area contributed by atoms with Crippen LogP contribution in [0.2, 0.25) is 0 Å². The van der Waals surface area contributed by atoms with E-state index in [2.05, 4.69) is 252 Å². The molecule has 0 atom stereocenters. The highest BCUT2D eigenvalue weighted by atomic mass is 15.1. The molecule has 1 aromatic heterocycles. The number of rotatable bonds is 6. The van der Waals surface area contributed by atoms with Crippen LogP contribution in [0.1, 0.15) is 27.8 Å². The van der Waals surface area contributed by atoms with Crippen LogP contribution in [0.3, 0.4) is 0 Å². The first-order chi connectivity index (χ1) is 31.2. The predicted octanol–water partition coefficient (Wildman–Crippen LogP) is 15.6. The lowest BCUT2D eigenvalue weighted by Gasteiger charge is -2.36. The van der Waals surface area contributed by atoms with Crippen molar-refractivity contribution in [1.82, 2.24) is 4.57 Å². The molecule has 296 valence electrons. The number of aromatic nitrogens is 1. The van der Waals surface area contributed by atoms with Crippen LogP contribution in [0, 0.1) is 0 Å². The number of hydrogen-bond donors (Lipinski definition) is 0. The molecule has 12 rings (SSSR count). The van der Waals surface area contributed by atoms with Gasteiger partial charge in [-0.1, -0.05) is 183 Å². The predicted molar refractivity (Wildman–Crippen MR) is 265 cm³/mol. The Balaban J connectivity index is 1.11. The fourth-order valence-electron chi connectivity index (χ4n) is 10.4. The Morgan fingerprint density at radius 3 is 1.73 bits per heavy atom. The van der Waals surface area contributed by atoms with Crippen LogP contribution in [0.15, 0.2) is 255 Å². The van der Waals surface area contributed by atoms with Crippen LogP contribution in [0.5, 0.6) is 0 Å². The molecule has 0 spiro atoms. The van der Waals surface area contributed by atoms with Gasteiger partial charge >= 0.3 is 0 Å². The average Bonchev–Trinajstić information content (AvgIpc) is 3.85. The molecular formula is C61H42N2. The lowest BCUT2D eigenvalue weighted by molar-refractivity contribution is 0.761. The van der Waals surface area contributed by atoms with Crippen molar-refractivity contribution in [3.05, 3.63) is 283 Å². The summed E-state index contributed by atoms with van der Waals surface area (Å²) in [7, 11) is 0. The molecule has 0 bridgehead atoms. The highest BCUT2D eigenvalue weighted by molar-refractivity contribution is 6.14. The van der Waals surface area contributed by atoms with Gasteiger partial charge in [0.05, 0.1) is 22.1 Å². The van der Waals surface area contributed by atoms with Gasteiger partial charge < -0.3 is 9.47 Å². The molecule has 0 saturated carbocycles. The number of nitrogens with zero attached hydrogens (tertiary/aromatic N) is 2. The molecule has 2 heterocycles. The first-order valence-electron chi connectivity index (χ1n) is 21.7. The molecule has 1 aliphatic carbocycles. The van der Waals surface area contributed by atoms with Gasteiger partial charge in [-0.15, -0.1) is 0 Å². The number of benzene rings is 9. The summed E-state index contributed by atoms with van der Waals surface area (Å²) in [5.74, 6) is 0. The third kappa shape index (κ3) is 5.72. The van der Waals surface area contributed by atoms with Gasteiger partial charge in [0, 0.05) is 33.9 Å². The quantitative estimate of drug-likeness (QED) is 0.163. The molecule has 2 aliphatic rings. The lowest BCUT2D eigenvalue weighted by atomic mass is 9.66. The molecule has 63 heavy (non-hydrogen) atoms. The fourth-order valence-corrected chi connectivity index (χ4v) is 10.4. The van der Waals surface area contributed by atoms with E-state index in [0.29, 0.717) is 0 Å². The summed E-state index contributed by atoms with van der Waals surface area (Å²) in [6.45, 7) is 5.09. The normalized spacial score (nSPS) is 14.5. The molecule has 9 aromatic carbocycles. The smallest absolute Gasteiger partial charge is 0.0714 e. The SMILES string of the molecule is C=C1C2=C(/C=C\N(c3cccc(-c4ccccc4)c3)c3ccc(-c4ccc5c(c4)c4ccccc4n5-c4ccccc4)cc31)C(c1ccccc1)(c1ccccc1)c1ccccc12. The van der Waals surface area contributed by atoms with E-state index in [1.165, 1.54) is 66.3 Å². The largest absolute Gasteiger partial charge is 0.317 e. The van der Waals surface area contributed by atoms with E-state index in [1.54, 1.807) is 0 Å². The monoisotopic (exact) mass is 802 g/mol. The maximum absolute atomic E-state index is 5.09. The van der Waals surface area contributed by atoms with Crippen molar-refractivity contribution in [2.75, 3.05) is 4.90 Å². The van der Waals surface area contributed by atoms with Crippen molar-refractivity contribution < 1.29 is 0 Å². The van der Waals surface area contributed by atoms with E-state index >= 15 is 0 Å². The summed E-state index contributed by atoms with van der Waals surface area (Å²) >= 11 is 0. The van der Waals surface area contributed by atoms with Gasteiger partial charge in [0.25, 0.3) is 0 Å². The number of anilines is 2. The molecular weight excluding hydrogens is 761 g/mol. The van der Waals surface area contributed by atoms with Crippen LogP contribution in [-0.2, 0) is 5.41 Å². The highest BCUT2D eigenvalue weighted by Gasteiger charge is 2.48. The van der Waals surface area contributed by atoms with Gasteiger partial charge in [-0.25, -0.2) is 0 Å². The van der Waals surface area contributed by atoms with E-state index in [1.807, 2.05) is 0 Å². The van der Waals surface area contributed by atoms with E-state index in [9.17, 15) is 0 Å². The average molecular weight is 803 g/mol. The van der Waals surface area contributed by atoms with Crippen molar-refractivity contribution >= 4 is 44.3 Å². The van der Waals surface area contributed by atoms with E-state index in [-0.39, 0.29) is 0 Å². The number of allylic oxidation sites excluding steroid dienone is 4. The van der Waals surface area contributed by atoms with E-state index < -0.39 is 5.41 Å². The van der Waals surface area contributed by atoms with Gasteiger partial charge in [0.1, 0.15) is 0 Å². The van der Waals surface area contributed by atoms with E-state index in [4.69, 9.17) is 6.58 Å². The Hall–Kier alpha value is -8.20. The van der Waals surface area contributed by atoms with Crippen molar-refractivity contribution in [3.8, 4) is 27.9 Å². The number of para-hydroxylation sites is 2. The first-order valence-corrected chi connectivity index (χ1v) is 21.7. The Morgan fingerprint density at radius 1 is 0.397 bits per heavy atom. The van der Waals surface area contributed by atoms with Gasteiger partial charge in [-0.2, -0.15) is 0 Å². The Kier molecular flexibility index (Phi) is 8.58. The molecule has 0 amide bonds. The van der Waals surface area contributed by atoms with Crippen LogP contribution >= 0.6 is 0 Å². The fraction of sp³-hybridized carbons (Fsp3) is 0.0164. The van der Waals surface area contributed by atoms with Crippen molar-refractivity contribution in [3.63, 3.8) is 0 Å². The van der Waals surface area contributed by atoms with Crippen LogP contribution < -0.4 is 4.90 Å². The Labute approximate surface area is 368 Å². The first kappa shape index (κ1) is 36.6. The zero-order valence-corrected chi connectivity index (χ0v) is 34.7. The molecule has 1 aliphatic heterocycles. The molecule has 10 aromatic rings. The molecule has 0 saturated heterocycles. The van der Waals surface area contributed by atoms with Gasteiger partial charge in [0.15, 0.2) is 0 Å². The summed E-state index contributed by atoms with van der Waals surface area (Å²) < 4.78 is 2.38. The van der Waals surface area contributed by atoms with E-state index in [0.717, 1.165) is 39.3 Å². The summed E-state index contributed by atoms with van der Waals surface area (Å²) in [6, 6.07) is 83.8. The van der Waals surface area contributed by atoms with Crippen molar-refractivity contribution in [2.24, 2.45) is 0 Å². The van der Waals surface area contributed by atoms with Crippen LogP contribution in [-0.4, -0.2) is 4.57 Å². The van der Waals surface area contributed by atoms with Gasteiger partial charge in [-0.05, 0) is 122 Å². The third-order valence-corrected chi connectivity index (χ3v) is 13.2. The minimum Gasteiger partial charge on any atom is -0.317 e. The van der Waals surface area contributed by atoms with Crippen molar-refractivity contribution in [2.45, 2.75) is 5.41 Å². The zero-order chi connectivity index (χ0) is 41.9.